The lowest BCUT2D eigenvalue weighted by Gasteiger charge is -2.33. The zero-order chi connectivity index (χ0) is 21.1. The first-order chi connectivity index (χ1) is 14.5. The average Bonchev–Trinajstić information content (AvgIpc) is 2.77. The molecule has 2 aromatic carbocycles. The topological polar surface area (TPSA) is 81.0 Å². The summed E-state index contributed by atoms with van der Waals surface area (Å²) in [6, 6.07) is 13.9. The van der Waals surface area contributed by atoms with Crippen LogP contribution in [-0.2, 0) is 6.54 Å². The average molecular weight is 423 g/mol. The van der Waals surface area contributed by atoms with Crippen LogP contribution in [0.5, 0.6) is 0 Å². The van der Waals surface area contributed by atoms with Crippen LogP contribution in [0.2, 0.25) is 0 Å². The summed E-state index contributed by atoms with van der Waals surface area (Å²) in [5.74, 6) is -0.195. The van der Waals surface area contributed by atoms with Gasteiger partial charge < -0.3 is 15.2 Å². The van der Waals surface area contributed by atoms with Crippen LogP contribution in [0.15, 0.2) is 47.3 Å². The van der Waals surface area contributed by atoms with Crippen molar-refractivity contribution in [1.82, 2.24) is 15.3 Å². The van der Waals surface area contributed by atoms with Gasteiger partial charge in [0.2, 0.25) is 0 Å². The Morgan fingerprint density at radius 1 is 1.10 bits per heavy atom. The number of nitrogens with one attached hydrogen (secondary N) is 3. The van der Waals surface area contributed by atoms with Crippen LogP contribution in [0.4, 0.5) is 5.69 Å². The van der Waals surface area contributed by atoms with Crippen molar-refractivity contribution in [2.75, 3.05) is 11.9 Å². The van der Waals surface area contributed by atoms with Gasteiger partial charge in [0.05, 0.1) is 10.9 Å². The first-order valence-corrected chi connectivity index (χ1v) is 10.8. The van der Waals surface area contributed by atoms with Crippen LogP contribution < -0.4 is 15.8 Å². The number of rotatable bonds is 5. The fourth-order valence-electron chi connectivity index (χ4n) is 4.12. The smallest absolute Gasteiger partial charge is 0.259 e. The molecule has 1 amide bonds. The maximum atomic E-state index is 12.6. The molecule has 1 saturated carbocycles. The highest BCUT2D eigenvalue weighted by molar-refractivity contribution is 7.71. The van der Waals surface area contributed by atoms with Crippen molar-refractivity contribution in [3.8, 4) is 0 Å². The first-order valence-electron chi connectivity index (χ1n) is 10.4. The maximum Gasteiger partial charge on any atom is 0.259 e. The van der Waals surface area contributed by atoms with Crippen LogP contribution in [0.1, 0.15) is 48.0 Å². The molecule has 4 rings (SSSR count). The predicted octanol–water partition coefficient (Wildman–Crippen LogP) is 4.28. The molecular formula is C23H26N4O2S. The normalized spacial score (nSPS) is 14.6. The third kappa shape index (κ3) is 4.46. The van der Waals surface area contributed by atoms with E-state index < -0.39 is 0 Å². The summed E-state index contributed by atoms with van der Waals surface area (Å²) in [6.45, 7) is 0.440. The molecule has 1 aliphatic carbocycles. The summed E-state index contributed by atoms with van der Waals surface area (Å²) >= 11 is 5.01. The quantitative estimate of drug-likeness (QED) is 0.536. The summed E-state index contributed by atoms with van der Waals surface area (Å²) in [5, 5.41) is 3.41. The fourth-order valence-corrected chi connectivity index (χ4v) is 4.33. The van der Waals surface area contributed by atoms with E-state index in [-0.39, 0.29) is 16.2 Å². The number of hydrogen-bond donors (Lipinski definition) is 3. The maximum absolute atomic E-state index is 12.6. The number of carbonyl (C=O) groups is 1. The van der Waals surface area contributed by atoms with Gasteiger partial charge in [-0.05, 0) is 61.0 Å². The summed E-state index contributed by atoms with van der Waals surface area (Å²) in [5.41, 5.74) is 3.02. The molecule has 6 nitrogen and oxygen atoms in total. The van der Waals surface area contributed by atoms with Gasteiger partial charge in [-0.3, -0.25) is 14.6 Å². The minimum Gasteiger partial charge on any atom is -0.372 e. The Hall–Kier alpha value is -2.93. The van der Waals surface area contributed by atoms with Crippen molar-refractivity contribution in [2.24, 2.45) is 0 Å². The number of amides is 1. The van der Waals surface area contributed by atoms with Crippen molar-refractivity contribution >= 4 is 34.7 Å². The van der Waals surface area contributed by atoms with Crippen LogP contribution in [0.25, 0.3) is 10.9 Å². The van der Waals surface area contributed by atoms with Crippen molar-refractivity contribution in [1.29, 1.82) is 0 Å². The van der Waals surface area contributed by atoms with E-state index in [1.54, 1.807) is 18.2 Å². The van der Waals surface area contributed by atoms with Gasteiger partial charge >= 0.3 is 0 Å². The summed E-state index contributed by atoms with van der Waals surface area (Å²) < 4.78 is 0.239. The van der Waals surface area contributed by atoms with E-state index in [4.69, 9.17) is 12.2 Å². The number of nitrogens with zero attached hydrogens (tertiary/aromatic N) is 1. The van der Waals surface area contributed by atoms with E-state index in [2.05, 4.69) is 51.5 Å². The number of fused-ring (bicyclic) bond motifs is 1. The first kappa shape index (κ1) is 20.3. The third-order valence-electron chi connectivity index (χ3n) is 5.92. The molecular weight excluding hydrogens is 396 g/mol. The summed E-state index contributed by atoms with van der Waals surface area (Å²) in [4.78, 5) is 32.3. The van der Waals surface area contributed by atoms with Crippen molar-refractivity contribution in [2.45, 2.75) is 44.7 Å². The molecule has 30 heavy (non-hydrogen) atoms. The molecule has 0 radical (unpaired) electrons. The third-order valence-corrected chi connectivity index (χ3v) is 6.12. The van der Waals surface area contributed by atoms with Gasteiger partial charge in [0, 0.05) is 30.9 Å². The van der Waals surface area contributed by atoms with Crippen molar-refractivity contribution in [3.05, 3.63) is 68.7 Å². The Kier molecular flexibility index (Phi) is 5.99. The standard InChI is InChI=1S/C23H26N4O2S/c1-27(17-5-3-2-4-6-17)18-10-7-15(8-11-18)14-24-21(28)16-9-12-19-20(13-16)25-23(30)26-22(19)29/h7-13,17H,2-6,14H2,1H3,(H,24,28)(H2,25,26,29,30). The second-order valence-electron chi connectivity index (χ2n) is 7.92. The number of aromatic nitrogens is 2. The molecule has 1 heterocycles. The van der Waals surface area contributed by atoms with Gasteiger partial charge in [-0.1, -0.05) is 31.4 Å². The van der Waals surface area contributed by atoms with Gasteiger partial charge in [-0.25, -0.2) is 0 Å². The van der Waals surface area contributed by atoms with Crippen molar-refractivity contribution in [3.63, 3.8) is 0 Å². The molecule has 1 aliphatic rings. The van der Waals surface area contributed by atoms with E-state index in [1.165, 1.54) is 37.8 Å². The Morgan fingerprint density at radius 2 is 1.83 bits per heavy atom. The minimum absolute atomic E-state index is 0.195. The number of aromatic amines is 2. The van der Waals surface area contributed by atoms with E-state index in [0.717, 1.165) is 5.56 Å². The van der Waals surface area contributed by atoms with Gasteiger partial charge in [0.1, 0.15) is 0 Å². The van der Waals surface area contributed by atoms with E-state index >= 15 is 0 Å². The molecule has 0 spiro atoms. The second-order valence-corrected chi connectivity index (χ2v) is 8.33. The molecule has 0 aliphatic heterocycles. The predicted molar refractivity (Wildman–Crippen MR) is 123 cm³/mol. The molecule has 1 aromatic heterocycles. The lowest BCUT2D eigenvalue weighted by molar-refractivity contribution is 0.0951. The SMILES string of the molecule is CN(c1ccc(CNC(=O)c2ccc3c(=O)[nH]c(=S)[nH]c3c2)cc1)C1CCCCC1. The number of H-pyrrole nitrogens is 2. The van der Waals surface area contributed by atoms with Crippen molar-refractivity contribution < 1.29 is 4.79 Å². The zero-order valence-corrected chi connectivity index (χ0v) is 17.8. The number of carbonyl (C=O) groups excluding carboxylic acids is 1. The molecule has 156 valence electrons. The lowest BCUT2D eigenvalue weighted by Crippen LogP contribution is -2.33. The molecule has 0 unspecified atom stereocenters. The number of benzene rings is 2. The van der Waals surface area contributed by atoms with Crippen LogP contribution in [-0.4, -0.2) is 29.0 Å². The Bertz CT molecular complexity index is 1160. The zero-order valence-electron chi connectivity index (χ0n) is 17.0. The van der Waals surface area contributed by atoms with Crippen LogP contribution in [0, 0.1) is 4.77 Å². The molecule has 0 bridgehead atoms. The Balaban J connectivity index is 1.40. The number of anilines is 1. The van der Waals surface area contributed by atoms with Crippen LogP contribution >= 0.6 is 12.2 Å². The van der Waals surface area contributed by atoms with E-state index in [9.17, 15) is 9.59 Å². The van der Waals surface area contributed by atoms with E-state index in [1.807, 2.05) is 0 Å². The lowest BCUT2D eigenvalue weighted by atomic mass is 9.94. The van der Waals surface area contributed by atoms with Gasteiger partial charge in [-0.15, -0.1) is 0 Å². The summed E-state index contributed by atoms with van der Waals surface area (Å²) in [7, 11) is 2.17. The summed E-state index contributed by atoms with van der Waals surface area (Å²) in [6.07, 6.45) is 6.50. The van der Waals surface area contributed by atoms with Crippen LogP contribution in [0.3, 0.4) is 0 Å². The van der Waals surface area contributed by atoms with Gasteiger partial charge in [-0.2, -0.15) is 0 Å². The van der Waals surface area contributed by atoms with Gasteiger partial charge in [0.25, 0.3) is 11.5 Å². The Morgan fingerprint density at radius 3 is 2.57 bits per heavy atom. The Labute approximate surface area is 180 Å². The molecule has 7 heteroatoms. The molecule has 0 saturated heterocycles. The highest BCUT2D eigenvalue weighted by Gasteiger charge is 2.18. The monoisotopic (exact) mass is 422 g/mol. The molecule has 3 N–H and O–H groups in total. The van der Waals surface area contributed by atoms with E-state index in [0.29, 0.717) is 29.1 Å². The largest absolute Gasteiger partial charge is 0.372 e. The second kappa shape index (κ2) is 8.83. The van der Waals surface area contributed by atoms with Gasteiger partial charge in [0.15, 0.2) is 4.77 Å². The fraction of sp³-hybridized carbons (Fsp3) is 0.348. The molecule has 3 aromatic rings. The minimum atomic E-state index is -0.265. The molecule has 0 atom stereocenters. The number of hydrogen-bond acceptors (Lipinski definition) is 4. The molecule has 1 fully saturated rings. The highest BCUT2D eigenvalue weighted by atomic mass is 32.1. The highest BCUT2D eigenvalue weighted by Crippen LogP contribution is 2.26.